The number of sulfone groups is 1. The molecule has 21 heavy (non-hydrogen) atoms. The topological polar surface area (TPSA) is 74.7 Å². The van der Waals surface area contributed by atoms with Crippen molar-refractivity contribution in [2.24, 2.45) is 5.92 Å². The minimum Gasteiger partial charge on any atom is -0.480 e. The molecule has 1 aromatic carbocycles. The van der Waals surface area contributed by atoms with Crippen LogP contribution in [0.3, 0.4) is 0 Å². The summed E-state index contributed by atoms with van der Waals surface area (Å²) in [5.41, 5.74) is 0. The number of aliphatic carboxylic acids is 1. The van der Waals surface area contributed by atoms with E-state index in [2.05, 4.69) is 15.9 Å². The zero-order valence-electron chi connectivity index (χ0n) is 11.5. The van der Waals surface area contributed by atoms with Crippen LogP contribution in [0.5, 0.6) is 0 Å². The van der Waals surface area contributed by atoms with Crippen molar-refractivity contribution in [3.8, 4) is 0 Å². The summed E-state index contributed by atoms with van der Waals surface area (Å²) in [5, 5.41) is 8.90. The van der Waals surface area contributed by atoms with E-state index in [0.29, 0.717) is 12.5 Å². The highest BCUT2D eigenvalue weighted by Gasteiger charge is 2.26. The Labute approximate surface area is 133 Å². The molecule has 116 valence electrons. The van der Waals surface area contributed by atoms with E-state index in [9.17, 15) is 13.2 Å². The Hall–Kier alpha value is -0.920. The number of hydrogen-bond donors (Lipinski definition) is 1. The van der Waals surface area contributed by atoms with Gasteiger partial charge in [0, 0.05) is 17.6 Å². The first-order chi connectivity index (χ1) is 9.87. The number of nitrogens with zero attached hydrogens (tertiary/aromatic N) is 1. The average Bonchev–Trinajstić information content (AvgIpc) is 3.20. The third-order valence-electron chi connectivity index (χ3n) is 3.42. The van der Waals surface area contributed by atoms with E-state index in [1.54, 1.807) is 29.2 Å². The monoisotopic (exact) mass is 375 g/mol. The van der Waals surface area contributed by atoms with Gasteiger partial charge in [-0.2, -0.15) is 0 Å². The number of carboxylic acid groups (broad SMARTS) is 1. The molecule has 0 saturated heterocycles. The van der Waals surface area contributed by atoms with E-state index in [1.165, 1.54) is 0 Å². The van der Waals surface area contributed by atoms with E-state index in [0.717, 1.165) is 17.3 Å². The molecule has 0 aromatic heterocycles. The maximum atomic E-state index is 12.2. The Bertz CT molecular complexity index is 596. The van der Waals surface area contributed by atoms with Crippen LogP contribution in [0.2, 0.25) is 0 Å². The first-order valence-electron chi connectivity index (χ1n) is 6.79. The summed E-state index contributed by atoms with van der Waals surface area (Å²) in [6.07, 6.45) is 2.21. The lowest BCUT2D eigenvalue weighted by atomic mass is 10.3. The van der Waals surface area contributed by atoms with Gasteiger partial charge in [-0.1, -0.05) is 15.9 Å². The van der Waals surface area contributed by atoms with Crippen LogP contribution in [0.4, 0.5) is 0 Å². The lowest BCUT2D eigenvalue weighted by Gasteiger charge is -2.19. The summed E-state index contributed by atoms with van der Waals surface area (Å²) in [7, 11) is -3.38. The molecule has 0 aliphatic heterocycles. The van der Waals surface area contributed by atoms with Crippen molar-refractivity contribution in [3.05, 3.63) is 28.7 Å². The second-order valence-electron chi connectivity index (χ2n) is 5.35. The van der Waals surface area contributed by atoms with Crippen LogP contribution in [0, 0.1) is 5.92 Å². The van der Waals surface area contributed by atoms with Gasteiger partial charge in [-0.3, -0.25) is 9.69 Å². The molecule has 0 bridgehead atoms. The van der Waals surface area contributed by atoms with Crippen LogP contribution in [0.15, 0.2) is 33.6 Å². The van der Waals surface area contributed by atoms with Crippen LogP contribution >= 0.6 is 15.9 Å². The van der Waals surface area contributed by atoms with Crippen LogP contribution in [0.25, 0.3) is 0 Å². The molecule has 7 heteroatoms. The van der Waals surface area contributed by atoms with Crippen LogP contribution < -0.4 is 0 Å². The molecule has 2 rings (SSSR count). The average molecular weight is 376 g/mol. The highest BCUT2D eigenvalue weighted by atomic mass is 79.9. The van der Waals surface area contributed by atoms with Crippen molar-refractivity contribution in [1.29, 1.82) is 0 Å². The minimum absolute atomic E-state index is 0.0609. The molecule has 1 aromatic rings. The zero-order valence-corrected chi connectivity index (χ0v) is 13.9. The number of benzene rings is 1. The molecule has 0 amide bonds. The molecule has 1 aliphatic rings. The molecular formula is C14H18BrNO4S. The number of hydrogen-bond acceptors (Lipinski definition) is 4. The van der Waals surface area contributed by atoms with Gasteiger partial charge in [-0.05, 0) is 43.0 Å². The van der Waals surface area contributed by atoms with Crippen molar-refractivity contribution < 1.29 is 18.3 Å². The van der Waals surface area contributed by atoms with Gasteiger partial charge in [-0.25, -0.2) is 8.42 Å². The first kappa shape index (κ1) is 16.5. The van der Waals surface area contributed by atoms with Crippen LogP contribution in [-0.4, -0.2) is 49.8 Å². The van der Waals surface area contributed by atoms with Gasteiger partial charge in [0.2, 0.25) is 0 Å². The van der Waals surface area contributed by atoms with Crippen molar-refractivity contribution in [3.63, 3.8) is 0 Å². The molecular weight excluding hydrogens is 358 g/mol. The molecule has 5 nitrogen and oxygen atoms in total. The van der Waals surface area contributed by atoms with Crippen molar-refractivity contribution in [2.75, 3.05) is 25.4 Å². The third kappa shape index (κ3) is 5.41. The summed E-state index contributed by atoms with van der Waals surface area (Å²) in [5.74, 6) is -0.453. The number of rotatable bonds is 8. The number of halogens is 1. The normalized spacial score (nSPS) is 15.3. The van der Waals surface area contributed by atoms with Gasteiger partial charge >= 0.3 is 5.97 Å². The van der Waals surface area contributed by atoms with Gasteiger partial charge < -0.3 is 5.11 Å². The minimum atomic E-state index is -3.38. The Kier molecular flexibility index (Phi) is 5.40. The fourth-order valence-corrected chi connectivity index (χ4v) is 3.65. The Morgan fingerprint density at radius 1 is 1.29 bits per heavy atom. The quantitative estimate of drug-likeness (QED) is 0.752. The van der Waals surface area contributed by atoms with Gasteiger partial charge in [-0.15, -0.1) is 0 Å². The summed E-state index contributed by atoms with van der Waals surface area (Å²) in [6.45, 7) is 0.815. The smallest absolute Gasteiger partial charge is 0.317 e. The van der Waals surface area contributed by atoms with Crippen molar-refractivity contribution >= 4 is 31.7 Å². The highest BCUT2D eigenvalue weighted by Crippen LogP contribution is 2.29. The number of carboxylic acids is 1. The molecule has 1 aliphatic carbocycles. The van der Waals surface area contributed by atoms with Gasteiger partial charge in [0.15, 0.2) is 9.84 Å². The lowest BCUT2D eigenvalue weighted by Crippen LogP contribution is -2.35. The second-order valence-corrected chi connectivity index (χ2v) is 8.37. The summed E-state index contributed by atoms with van der Waals surface area (Å²) in [4.78, 5) is 12.8. The highest BCUT2D eigenvalue weighted by molar-refractivity contribution is 9.10. The third-order valence-corrected chi connectivity index (χ3v) is 5.66. The van der Waals surface area contributed by atoms with E-state index in [1.807, 2.05) is 0 Å². The predicted molar refractivity (Wildman–Crippen MR) is 83.0 cm³/mol. The second kappa shape index (κ2) is 6.89. The summed E-state index contributed by atoms with van der Waals surface area (Å²) < 4.78 is 25.3. The fourth-order valence-electron chi connectivity index (χ4n) is 2.10. The SMILES string of the molecule is O=C(O)CN(CCS(=O)(=O)c1ccc(Br)cc1)CC1CC1. The van der Waals surface area contributed by atoms with Gasteiger partial charge in [0.25, 0.3) is 0 Å². The number of carbonyl (C=O) groups is 1. The predicted octanol–water partition coefficient (Wildman–Crippen LogP) is 2.02. The largest absolute Gasteiger partial charge is 0.480 e. The van der Waals surface area contributed by atoms with E-state index in [-0.39, 0.29) is 23.7 Å². The summed E-state index contributed by atoms with van der Waals surface area (Å²) >= 11 is 3.27. The van der Waals surface area contributed by atoms with Gasteiger partial charge in [0.05, 0.1) is 17.2 Å². The Morgan fingerprint density at radius 3 is 2.43 bits per heavy atom. The standard InChI is InChI=1S/C14H18BrNO4S/c15-12-3-5-13(6-4-12)21(19,20)8-7-16(10-14(17)18)9-11-1-2-11/h3-6,11H,1-2,7-10H2,(H,17,18). The maximum absolute atomic E-state index is 12.2. The molecule has 0 spiro atoms. The fraction of sp³-hybridized carbons (Fsp3) is 0.500. The molecule has 0 unspecified atom stereocenters. The molecule has 1 saturated carbocycles. The molecule has 0 heterocycles. The van der Waals surface area contributed by atoms with Crippen molar-refractivity contribution in [1.82, 2.24) is 4.90 Å². The van der Waals surface area contributed by atoms with E-state index < -0.39 is 15.8 Å². The van der Waals surface area contributed by atoms with Crippen molar-refractivity contribution in [2.45, 2.75) is 17.7 Å². The Balaban J connectivity index is 1.97. The first-order valence-corrected chi connectivity index (χ1v) is 9.24. The van der Waals surface area contributed by atoms with Gasteiger partial charge in [0.1, 0.15) is 0 Å². The molecule has 1 N–H and O–H groups in total. The molecule has 0 atom stereocenters. The molecule has 1 fully saturated rings. The van der Waals surface area contributed by atoms with E-state index in [4.69, 9.17) is 5.11 Å². The Morgan fingerprint density at radius 2 is 1.90 bits per heavy atom. The van der Waals surface area contributed by atoms with Crippen LogP contribution in [-0.2, 0) is 14.6 Å². The lowest BCUT2D eigenvalue weighted by molar-refractivity contribution is -0.138. The van der Waals surface area contributed by atoms with E-state index >= 15 is 0 Å². The maximum Gasteiger partial charge on any atom is 0.317 e. The summed E-state index contributed by atoms with van der Waals surface area (Å²) in [6, 6.07) is 6.49. The molecule has 0 radical (unpaired) electrons. The van der Waals surface area contributed by atoms with Crippen LogP contribution in [0.1, 0.15) is 12.8 Å². The zero-order chi connectivity index (χ0) is 15.5.